The molecular formula is C22H23N3O3. The second-order valence-corrected chi connectivity index (χ2v) is 7.72. The van der Waals surface area contributed by atoms with Crippen LogP contribution in [0.4, 0.5) is 5.69 Å². The monoisotopic (exact) mass is 377 g/mol. The number of methoxy groups -OCH3 is 1. The summed E-state index contributed by atoms with van der Waals surface area (Å²) >= 11 is 0. The highest BCUT2D eigenvalue weighted by atomic mass is 16.5. The first-order valence-corrected chi connectivity index (χ1v) is 9.72. The molecule has 6 nitrogen and oxygen atoms in total. The van der Waals surface area contributed by atoms with Crippen LogP contribution >= 0.6 is 0 Å². The van der Waals surface area contributed by atoms with Crippen LogP contribution in [0.25, 0.3) is 0 Å². The maximum absolute atomic E-state index is 13.5. The quantitative estimate of drug-likeness (QED) is 0.770. The predicted molar refractivity (Wildman–Crippen MR) is 105 cm³/mol. The van der Waals surface area contributed by atoms with Crippen molar-refractivity contribution in [2.75, 3.05) is 25.1 Å². The minimum absolute atomic E-state index is 0.101. The van der Waals surface area contributed by atoms with Crippen molar-refractivity contribution in [3.63, 3.8) is 0 Å². The lowest BCUT2D eigenvalue weighted by molar-refractivity contribution is -0.126. The first-order chi connectivity index (χ1) is 13.6. The van der Waals surface area contributed by atoms with Gasteiger partial charge >= 0.3 is 0 Å². The van der Waals surface area contributed by atoms with E-state index < -0.39 is 6.04 Å². The summed E-state index contributed by atoms with van der Waals surface area (Å²) in [5.41, 5.74) is 2.75. The highest BCUT2D eigenvalue weighted by Crippen LogP contribution is 2.49. The van der Waals surface area contributed by atoms with Crippen LogP contribution in [0.1, 0.15) is 23.6 Å². The van der Waals surface area contributed by atoms with Gasteiger partial charge < -0.3 is 4.74 Å². The van der Waals surface area contributed by atoms with Crippen LogP contribution in [0.15, 0.2) is 48.5 Å². The van der Waals surface area contributed by atoms with Crippen molar-refractivity contribution < 1.29 is 14.3 Å². The summed E-state index contributed by atoms with van der Waals surface area (Å²) in [4.78, 5) is 28.2. The van der Waals surface area contributed by atoms with E-state index in [0.717, 1.165) is 36.4 Å². The largest absolute Gasteiger partial charge is 0.497 e. The molecule has 3 saturated heterocycles. The molecule has 0 N–H and O–H groups in total. The highest BCUT2D eigenvalue weighted by Gasteiger charge is 2.62. The Labute approximate surface area is 164 Å². The lowest BCUT2D eigenvalue weighted by atomic mass is 9.90. The van der Waals surface area contributed by atoms with Gasteiger partial charge in [0.25, 0.3) is 5.91 Å². The number of hydrogen-bond donors (Lipinski definition) is 0. The molecule has 3 heterocycles. The van der Waals surface area contributed by atoms with E-state index in [0.29, 0.717) is 5.69 Å². The standard InChI is InChI=1S/C22H23N3O3/c1-14-5-3-6-16(13-14)25-21(26)18-19(15-7-9-17(28-2)10-8-15)23-11-4-12-24(23)20(18)22(25)27/h3,5-10,13,18-20H,4,11-12H2,1-2H3/t18-,19+,20-/m0/s1. The summed E-state index contributed by atoms with van der Waals surface area (Å²) in [5.74, 6) is 0.188. The third kappa shape index (κ3) is 2.41. The molecule has 0 bridgehead atoms. The van der Waals surface area contributed by atoms with Gasteiger partial charge in [0.05, 0.1) is 24.8 Å². The molecule has 3 atom stereocenters. The number of carbonyl (C=O) groups is 2. The first-order valence-electron chi connectivity index (χ1n) is 9.72. The number of hydrogen-bond acceptors (Lipinski definition) is 5. The molecular weight excluding hydrogens is 354 g/mol. The van der Waals surface area contributed by atoms with Crippen LogP contribution in [0.2, 0.25) is 0 Å². The number of hydrazine groups is 1. The van der Waals surface area contributed by atoms with Gasteiger partial charge in [0.2, 0.25) is 5.91 Å². The number of anilines is 1. The molecule has 0 aliphatic carbocycles. The van der Waals surface area contributed by atoms with Crippen LogP contribution in [0, 0.1) is 12.8 Å². The zero-order chi connectivity index (χ0) is 19.4. The Hall–Kier alpha value is -2.70. The Kier molecular flexibility index (Phi) is 4.00. The van der Waals surface area contributed by atoms with Gasteiger partial charge in [-0.1, -0.05) is 24.3 Å². The number of imide groups is 1. The third-order valence-corrected chi connectivity index (χ3v) is 6.12. The Morgan fingerprint density at radius 3 is 2.32 bits per heavy atom. The molecule has 6 heteroatoms. The van der Waals surface area contributed by atoms with E-state index >= 15 is 0 Å². The van der Waals surface area contributed by atoms with Crippen LogP contribution in [0.3, 0.4) is 0 Å². The van der Waals surface area contributed by atoms with Crippen LogP contribution in [0.5, 0.6) is 5.75 Å². The van der Waals surface area contributed by atoms with Crippen molar-refractivity contribution in [3.05, 3.63) is 59.7 Å². The van der Waals surface area contributed by atoms with E-state index in [1.54, 1.807) is 7.11 Å². The minimum atomic E-state index is -0.414. The number of fused-ring (bicyclic) bond motifs is 3. The number of carbonyl (C=O) groups excluding carboxylic acids is 2. The second-order valence-electron chi connectivity index (χ2n) is 7.72. The lowest BCUT2D eigenvalue weighted by Crippen LogP contribution is -2.44. The number of rotatable bonds is 3. The average Bonchev–Trinajstić information content (AvgIpc) is 3.34. The summed E-state index contributed by atoms with van der Waals surface area (Å²) in [5, 5.41) is 4.34. The Bertz CT molecular complexity index is 942. The van der Waals surface area contributed by atoms with E-state index in [-0.39, 0.29) is 23.8 Å². The third-order valence-electron chi connectivity index (χ3n) is 6.12. The van der Waals surface area contributed by atoms with E-state index in [1.807, 2.05) is 55.5 Å². The zero-order valence-corrected chi connectivity index (χ0v) is 16.0. The first kappa shape index (κ1) is 17.4. The van der Waals surface area contributed by atoms with Crippen molar-refractivity contribution in [1.82, 2.24) is 10.0 Å². The SMILES string of the molecule is COc1ccc([C@@H]2[C@@H]3C(=O)N(c4cccc(C)c4)C(=O)[C@H]3N3CCCN23)cc1. The predicted octanol–water partition coefficient (Wildman–Crippen LogP) is 2.54. The van der Waals surface area contributed by atoms with Gasteiger partial charge in [0.1, 0.15) is 11.8 Å². The van der Waals surface area contributed by atoms with Crippen molar-refractivity contribution in [2.24, 2.45) is 5.92 Å². The molecule has 3 aliphatic heterocycles. The molecule has 3 aliphatic rings. The van der Waals surface area contributed by atoms with Crippen LogP contribution in [-0.4, -0.2) is 48.1 Å². The van der Waals surface area contributed by atoms with E-state index in [4.69, 9.17) is 4.74 Å². The fourth-order valence-corrected chi connectivity index (χ4v) is 4.94. The van der Waals surface area contributed by atoms with Crippen molar-refractivity contribution in [1.29, 1.82) is 0 Å². The summed E-state index contributed by atoms with van der Waals surface area (Å²) in [6, 6.07) is 14.9. The van der Waals surface area contributed by atoms with Gasteiger partial charge in [-0.2, -0.15) is 0 Å². The summed E-state index contributed by atoms with van der Waals surface area (Å²) < 4.78 is 5.28. The molecule has 2 amide bonds. The summed E-state index contributed by atoms with van der Waals surface area (Å²) in [7, 11) is 1.64. The maximum Gasteiger partial charge on any atom is 0.253 e. The number of benzene rings is 2. The van der Waals surface area contributed by atoms with Crippen LogP contribution in [-0.2, 0) is 9.59 Å². The number of aryl methyl sites for hydroxylation is 1. The molecule has 2 aromatic carbocycles. The van der Waals surface area contributed by atoms with Gasteiger partial charge in [-0.25, -0.2) is 14.9 Å². The van der Waals surface area contributed by atoms with Gasteiger partial charge in [0, 0.05) is 13.1 Å². The normalized spacial score (nSPS) is 27.4. The fraction of sp³-hybridized carbons (Fsp3) is 0.364. The Balaban J connectivity index is 1.56. The average molecular weight is 377 g/mol. The van der Waals surface area contributed by atoms with Gasteiger partial charge in [-0.05, 0) is 48.7 Å². The van der Waals surface area contributed by atoms with Crippen molar-refractivity contribution >= 4 is 17.5 Å². The van der Waals surface area contributed by atoms with E-state index in [1.165, 1.54) is 4.90 Å². The number of nitrogens with zero attached hydrogens (tertiary/aromatic N) is 3. The summed E-state index contributed by atoms with van der Waals surface area (Å²) in [6.45, 7) is 3.65. The lowest BCUT2D eigenvalue weighted by Gasteiger charge is -2.29. The molecule has 0 aromatic heterocycles. The van der Waals surface area contributed by atoms with Crippen molar-refractivity contribution in [3.8, 4) is 5.75 Å². The molecule has 0 unspecified atom stereocenters. The highest BCUT2D eigenvalue weighted by molar-refractivity contribution is 6.24. The maximum atomic E-state index is 13.5. The van der Waals surface area contributed by atoms with Gasteiger partial charge in [0.15, 0.2) is 0 Å². The van der Waals surface area contributed by atoms with Gasteiger partial charge in [-0.15, -0.1) is 0 Å². The molecule has 28 heavy (non-hydrogen) atoms. The zero-order valence-electron chi connectivity index (χ0n) is 16.0. The molecule has 2 aromatic rings. The molecule has 0 saturated carbocycles. The molecule has 0 radical (unpaired) electrons. The smallest absolute Gasteiger partial charge is 0.253 e. The minimum Gasteiger partial charge on any atom is -0.497 e. The van der Waals surface area contributed by atoms with Gasteiger partial charge in [-0.3, -0.25) is 9.59 Å². The van der Waals surface area contributed by atoms with Crippen LogP contribution < -0.4 is 9.64 Å². The molecule has 3 fully saturated rings. The van der Waals surface area contributed by atoms with E-state index in [2.05, 4.69) is 10.0 Å². The Morgan fingerprint density at radius 1 is 0.929 bits per heavy atom. The second kappa shape index (κ2) is 6.43. The number of amides is 2. The number of ether oxygens (including phenoxy) is 1. The topological polar surface area (TPSA) is 53.1 Å². The van der Waals surface area contributed by atoms with E-state index in [9.17, 15) is 9.59 Å². The molecule has 0 spiro atoms. The molecule has 144 valence electrons. The molecule has 5 rings (SSSR count). The fourth-order valence-electron chi connectivity index (χ4n) is 4.94. The van der Waals surface area contributed by atoms with Crippen molar-refractivity contribution in [2.45, 2.75) is 25.4 Å². The summed E-state index contributed by atoms with van der Waals surface area (Å²) in [6.07, 6.45) is 1.00. The Morgan fingerprint density at radius 2 is 1.64 bits per heavy atom.